The minimum atomic E-state index is -1.73. The molecule has 0 saturated heterocycles. The lowest BCUT2D eigenvalue weighted by molar-refractivity contribution is 1.27. The SMILES string of the molecule is C[Si](C)(C)/N=C(/C=C(/N[Si](C)(C)C)c1ccc(-c2ccccc2)cc1)c1ccc(-c2ccccc2)cc1. The Morgan fingerprint density at radius 3 is 1.35 bits per heavy atom. The van der Waals surface area contributed by atoms with Crippen molar-refractivity contribution in [2.24, 2.45) is 4.66 Å². The Morgan fingerprint density at radius 2 is 0.946 bits per heavy atom. The molecule has 0 heterocycles. The minimum absolute atomic E-state index is 1.05. The van der Waals surface area contributed by atoms with Crippen molar-refractivity contribution in [3.63, 3.8) is 0 Å². The first-order chi connectivity index (χ1) is 17.6. The van der Waals surface area contributed by atoms with Gasteiger partial charge in [0.25, 0.3) is 0 Å². The fourth-order valence-electron chi connectivity index (χ4n) is 4.21. The Labute approximate surface area is 225 Å². The maximum Gasteiger partial charge on any atom is 0.173 e. The summed E-state index contributed by atoms with van der Waals surface area (Å²) in [5, 5.41) is 0. The van der Waals surface area contributed by atoms with Gasteiger partial charge >= 0.3 is 0 Å². The van der Waals surface area contributed by atoms with Crippen LogP contribution >= 0.6 is 0 Å². The van der Waals surface area contributed by atoms with Crippen molar-refractivity contribution in [1.82, 2.24) is 4.98 Å². The Bertz CT molecular complexity index is 1360. The van der Waals surface area contributed by atoms with Gasteiger partial charge in [0.2, 0.25) is 0 Å². The summed E-state index contributed by atoms with van der Waals surface area (Å²) in [5.74, 6) is 0. The fraction of sp³-hybridized carbons (Fsp3) is 0.182. The maximum absolute atomic E-state index is 5.30. The Balaban J connectivity index is 1.75. The third kappa shape index (κ3) is 7.75. The molecule has 0 aromatic heterocycles. The molecule has 0 atom stereocenters. The number of rotatable bonds is 8. The summed E-state index contributed by atoms with van der Waals surface area (Å²) < 4.78 is 5.30. The standard InChI is InChI=1S/C33H38N2Si2/c1-36(2,3)34-32(30-21-17-28(18-22-30)26-13-9-7-10-14-26)25-33(35-37(4,5)6)31-23-19-29(20-24-31)27-15-11-8-12-16-27/h7-25,34H,1-6H3/b32-25+,35-33-. The second-order valence-corrected chi connectivity index (χ2v) is 20.8. The summed E-state index contributed by atoms with van der Waals surface area (Å²) >= 11 is 0. The zero-order chi connectivity index (χ0) is 26.5. The van der Waals surface area contributed by atoms with Crippen LogP contribution in [0.15, 0.2) is 120 Å². The molecule has 4 heteroatoms. The smallest absolute Gasteiger partial charge is 0.173 e. The van der Waals surface area contributed by atoms with E-state index in [1.807, 2.05) is 0 Å². The summed E-state index contributed by atoms with van der Waals surface area (Å²) in [7, 11) is -3.36. The van der Waals surface area contributed by atoms with Crippen molar-refractivity contribution in [3.05, 3.63) is 126 Å². The molecular weight excluding hydrogens is 481 g/mol. The zero-order valence-electron chi connectivity index (χ0n) is 22.9. The molecular formula is C33H38N2Si2. The predicted molar refractivity (Wildman–Crippen MR) is 168 cm³/mol. The van der Waals surface area contributed by atoms with Gasteiger partial charge in [-0.25, -0.2) is 0 Å². The zero-order valence-corrected chi connectivity index (χ0v) is 24.9. The summed E-state index contributed by atoms with van der Waals surface area (Å²) in [5.41, 5.74) is 9.44. The number of hydrogen-bond acceptors (Lipinski definition) is 2. The highest BCUT2D eigenvalue weighted by Gasteiger charge is 2.19. The second-order valence-electron chi connectivity index (χ2n) is 11.5. The molecule has 188 valence electrons. The molecule has 0 fully saturated rings. The monoisotopic (exact) mass is 518 g/mol. The quantitative estimate of drug-likeness (QED) is 0.182. The first kappa shape index (κ1) is 26.6. The molecule has 4 rings (SSSR count). The number of allylic oxidation sites excluding steroid dienone is 1. The molecule has 37 heavy (non-hydrogen) atoms. The third-order valence-corrected chi connectivity index (χ3v) is 7.77. The first-order valence-electron chi connectivity index (χ1n) is 13.0. The lowest BCUT2D eigenvalue weighted by Gasteiger charge is -2.24. The number of hydrogen-bond donors (Lipinski definition) is 1. The van der Waals surface area contributed by atoms with Crippen molar-refractivity contribution >= 4 is 27.9 Å². The average Bonchev–Trinajstić information content (AvgIpc) is 2.88. The van der Waals surface area contributed by atoms with Gasteiger partial charge in [0.15, 0.2) is 8.24 Å². The highest BCUT2D eigenvalue weighted by molar-refractivity contribution is 6.76. The molecule has 0 bridgehead atoms. The highest BCUT2D eigenvalue weighted by Crippen LogP contribution is 2.25. The third-order valence-electron chi connectivity index (χ3n) is 5.84. The van der Waals surface area contributed by atoms with Gasteiger partial charge in [-0.15, -0.1) is 0 Å². The summed E-state index contributed by atoms with van der Waals surface area (Å²) in [6, 6.07) is 38.8. The van der Waals surface area contributed by atoms with Gasteiger partial charge in [-0.1, -0.05) is 129 Å². The second kappa shape index (κ2) is 11.3. The summed E-state index contributed by atoms with van der Waals surface area (Å²) in [4.78, 5) is 3.89. The van der Waals surface area contributed by atoms with Gasteiger partial charge in [0, 0.05) is 5.70 Å². The lowest BCUT2D eigenvalue weighted by Crippen LogP contribution is -2.40. The molecule has 2 nitrogen and oxygen atoms in total. The summed E-state index contributed by atoms with van der Waals surface area (Å²) in [6.07, 6.45) is 2.27. The normalized spacial score (nSPS) is 12.9. The van der Waals surface area contributed by atoms with E-state index in [1.165, 1.54) is 27.8 Å². The highest BCUT2D eigenvalue weighted by atomic mass is 28.3. The van der Waals surface area contributed by atoms with Crippen molar-refractivity contribution < 1.29 is 0 Å². The van der Waals surface area contributed by atoms with Gasteiger partial charge < -0.3 is 9.64 Å². The van der Waals surface area contributed by atoms with Crippen LogP contribution in [0.4, 0.5) is 0 Å². The van der Waals surface area contributed by atoms with Crippen LogP contribution < -0.4 is 4.98 Å². The van der Waals surface area contributed by atoms with Crippen molar-refractivity contribution in [1.29, 1.82) is 0 Å². The summed E-state index contributed by atoms with van der Waals surface area (Å²) in [6.45, 7) is 13.9. The Hall–Kier alpha value is -3.48. The van der Waals surface area contributed by atoms with E-state index in [0.717, 1.165) is 17.0 Å². The van der Waals surface area contributed by atoms with E-state index in [0.29, 0.717) is 0 Å². The number of nitrogens with zero attached hydrogens (tertiary/aromatic N) is 1. The van der Waals surface area contributed by atoms with Crippen LogP contribution in [0, 0.1) is 0 Å². The Morgan fingerprint density at radius 1 is 0.541 bits per heavy atom. The average molecular weight is 519 g/mol. The molecule has 4 aromatic carbocycles. The predicted octanol–water partition coefficient (Wildman–Crippen LogP) is 9.11. The molecule has 0 aliphatic rings. The van der Waals surface area contributed by atoms with Crippen LogP contribution in [0.3, 0.4) is 0 Å². The van der Waals surface area contributed by atoms with Crippen LogP contribution in [0.5, 0.6) is 0 Å². The van der Waals surface area contributed by atoms with Crippen LogP contribution in [-0.4, -0.2) is 22.2 Å². The van der Waals surface area contributed by atoms with Crippen molar-refractivity contribution in [2.75, 3.05) is 0 Å². The van der Waals surface area contributed by atoms with Crippen LogP contribution in [-0.2, 0) is 0 Å². The molecule has 0 unspecified atom stereocenters. The molecule has 0 amide bonds. The minimum Gasteiger partial charge on any atom is -0.410 e. The maximum atomic E-state index is 5.30. The van der Waals surface area contributed by atoms with Gasteiger partial charge in [-0.2, -0.15) is 0 Å². The van der Waals surface area contributed by atoms with E-state index in [9.17, 15) is 0 Å². The van der Waals surface area contributed by atoms with Crippen LogP contribution in [0.2, 0.25) is 39.3 Å². The van der Waals surface area contributed by atoms with Crippen LogP contribution in [0.1, 0.15) is 11.1 Å². The van der Waals surface area contributed by atoms with Gasteiger partial charge in [0.1, 0.15) is 8.24 Å². The van der Waals surface area contributed by atoms with Gasteiger partial charge in [-0.05, 0) is 59.1 Å². The largest absolute Gasteiger partial charge is 0.410 e. The van der Waals surface area contributed by atoms with Gasteiger partial charge in [0.05, 0.1) is 5.71 Å². The number of nitrogens with one attached hydrogen (secondary N) is 1. The van der Waals surface area contributed by atoms with E-state index in [4.69, 9.17) is 4.66 Å². The van der Waals surface area contributed by atoms with E-state index in [2.05, 4.69) is 160 Å². The topological polar surface area (TPSA) is 24.4 Å². The first-order valence-corrected chi connectivity index (χ1v) is 19.9. The molecule has 4 aromatic rings. The lowest BCUT2D eigenvalue weighted by atomic mass is 10.00. The number of benzene rings is 4. The molecule has 0 aliphatic carbocycles. The molecule has 0 radical (unpaired) electrons. The molecule has 0 saturated carbocycles. The van der Waals surface area contributed by atoms with E-state index < -0.39 is 16.5 Å². The van der Waals surface area contributed by atoms with E-state index in [1.54, 1.807) is 0 Å². The molecule has 1 N–H and O–H groups in total. The van der Waals surface area contributed by atoms with E-state index >= 15 is 0 Å². The van der Waals surface area contributed by atoms with Crippen LogP contribution in [0.25, 0.3) is 28.0 Å². The molecule has 0 spiro atoms. The molecule has 0 aliphatic heterocycles. The van der Waals surface area contributed by atoms with Crippen molar-refractivity contribution in [3.8, 4) is 22.3 Å². The van der Waals surface area contributed by atoms with Gasteiger partial charge in [-0.3, -0.25) is 0 Å². The van der Waals surface area contributed by atoms with E-state index in [-0.39, 0.29) is 0 Å². The Kier molecular flexibility index (Phi) is 8.11. The van der Waals surface area contributed by atoms with Crippen molar-refractivity contribution in [2.45, 2.75) is 39.3 Å². The fourth-order valence-corrected chi connectivity index (χ4v) is 6.15.